The van der Waals surface area contributed by atoms with Crippen LogP contribution in [-0.2, 0) is 9.53 Å². The Labute approximate surface area is 121 Å². The van der Waals surface area contributed by atoms with E-state index in [1.807, 2.05) is 37.3 Å². The van der Waals surface area contributed by atoms with Crippen molar-refractivity contribution in [3.8, 4) is 12.1 Å². The minimum atomic E-state index is -1.37. The summed E-state index contributed by atoms with van der Waals surface area (Å²) < 4.78 is 5.40. The van der Waals surface area contributed by atoms with Crippen LogP contribution in [0.2, 0.25) is 0 Å². The number of nitrogens with one attached hydrogen (secondary N) is 1. The topological polar surface area (TPSA) is 128 Å². The highest BCUT2D eigenvalue weighted by Gasteiger charge is 2.62. The molecular weight excluding hydrogens is 270 g/mol. The summed E-state index contributed by atoms with van der Waals surface area (Å²) in [5.41, 5.74) is 8.38. The number of rotatable bonds is 4. The molecule has 1 aliphatic rings. The highest BCUT2D eigenvalue weighted by molar-refractivity contribution is 5.96. The maximum absolute atomic E-state index is 11.2. The second kappa shape index (κ2) is 5.61. The van der Waals surface area contributed by atoms with Crippen LogP contribution in [0, 0.1) is 29.6 Å². The first kappa shape index (κ1) is 14.5. The third-order valence-corrected chi connectivity index (χ3v) is 3.08. The lowest BCUT2D eigenvalue weighted by Crippen LogP contribution is -2.35. The summed E-state index contributed by atoms with van der Waals surface area (Å²) in [6.45, 7) is 1.95. The van der Waals surface area contributed by atoms with Gasteiger partial charge in [-0.15, -0.1) is 0 Å². The van der Waals surface area contributed by atoms with Crippen molar-refractivity contribution >= 4 is 11.7 Å². The summed E-state index contributed by atoms with van der Waals surface area (Å²) >= 11 is 0. The fourth-order valence-corrected chi connectivity index (χ4v) is 1.85. The van der Waals surface area contributed by atoms with E-state index < -0.39 is 17.6 Å². The third-order valence-electron chi connectivity index (χ3n) is 3.08. The molecule has 0 aliphatic carbocycles. The zero-order chi connectivity index (χ0) is 15.5. The molecule has 1 heterocycles. The standard InChI is InChI=1S/C14H13N5O2/c1-9-2-4-10(5-3-9)12-14(8-16,21-12)13(17)19-18-11(20)6-7-15/h2-5,12H,6H2,1H3,(H2,17,19)(H,18,20)/t12-,14+/m1/s1. The van der Waals surface area contributed by atoms with Gasteiger partial charge >= 0.3 is 0 Å². The average Bonchev–Trinajstić information content (AvgIpc) is 3.22. The Balaban J connectivity index is 2.13. The van der Waals surface area contributed by atoms with Gasteiger partial charge in [-0.25, -0.2) is 5.43 Å². The molecule has 0 aromatic heterocycles. The maximum atomic E-state index is 11.2. The van der Waals surface area contributed by atoms with Crippen molar-refractivity contribution in [2.75, 3.05) is 0 Å². The van der Waals surface area contributed by atoms with E-state index in [4.69, 9.17) is 15.7 Å². The van der Waals surface area contributed by atoms with Gasteiger partial charge in [0.25, 0.3) is 5.91 Å². The number of carbonyl (C=O) groups is 1. The van der Waals surface area contributed by atoms with E-state index in [1.165, 1.54) is 0 Å². The van der Waals surface area contributed by atoms with Crippen LogP contribution in [0.4, 0.5) is 0 Å². The predicted molar refractivity (Wildman–Crippen MR) is 73.3 cm³/mol. The number of amidine groups is 1. The number of hydrogen-bond acceptors (Lipinski definition) is 5. The molecule has 7 nitrogen and oxygen atoms in total. The number of nitrogens with two attached hydrogens (primary N) is 1. The molecule has 2 rings (SSSR count). The summed E-state index contributed by atoms with van der Waals surface area (Å²) in [6, 6.07) is 11.2. The number of nitrogens with zero attached hydrogens (tertiary/aromatic N) is 3. The normalized spacial score (nSPS) is 23.8. The number of amides is 1. The summed E-state index contributed by atoms with van der Waals surface area (Å²) in [6.07, 6.45) is -0.849. The molecule has 106 valence electrons. The zero-order valence-electron chi connectivity index (χ0n) is 11.3. The molecule has 3 N–H and O–H groups in total. The summed E-state index contributed by atoms with van der Waals surface area (Å²) in [5.74, 6) is -0.733. The minimum absolute atomic E-state index is 0.137. The van der Waals surface area contributed by atoms with E-state index in [9.17, 15) is 10.1 Å². The number of ether oxygens (including phenoxy) is 1. The lowest BCUT2D eigenvalue weighted by Gasteiger charge is -2.04. The lowest BCUT2D eigenvalue weighted by atomic mass is 9.99. The Morgan fingerprint density at radius 1 is 1.48 bits per heavy atom. The Morgan fingerprint density at radius 3 is 2.71 bits per heavy atom. The van der Waals surface area contributed by atoms with Crippen LogP contribution in [-0.4, -0.2) is 17.3 Å². The van der Waals surface area contributed by atoms with Crippen LogP contribution in [0.3, 0.4) is 0 Å². The van der Waals surface area contributed by atoms with Crippen LogP contribution in [0.15, 0.2) is 29.4 Å². The van der Waals surface area contributed by atoms with Crippen molar-refractivity contribution in [2.45, 2.75) is 25.0 Å². The summed E-state index contributed by atoms with van der Waals surface area (Å²) in [7, 11) is 0. The van der Waals surface area contributed by atoms with E-state index >= 15 is 0 Å². The van der Waals surface area contributed by atoms with E-state index in [0.717, 1.165) is 11.1 Å². The van der Waals surface area contributed by atoms with Crippen LogP contribution in [0.5, 0.6) is 0 Å². The van der Waals surface area contributed by atoms with Crippen molar-refractivity contribution in [3.05, 3.63) is 35.4 Å². The number of hydrogen-bond donors (Lipinski definition) is 2. The number of aryl methyl sites for hydroxylation is 1. The van der Waals surface area contributed by atoms with E-state index in [2.05, 4.69) is 10.5 Å². The van der Waals surface area contributed by atoms with Crippen molar-refractivity contribution in [1.82, 2.24) is 5.43 Å². The molecule has 21 heavy (non-hydrogen) atoms. The van der Waals surface area contributed by atoms with E-state index in [1.54, 1.807) is 6.07 Å². The molecule has 1 aromatic carbocycles. The van der Waals surface area contributed by atoms with Crippen molar-refractivity contribution in [1.29, 1.82) is 10.5 Å². The molecule has 7 heteroatoms. The number of benzene rings is 1. The first-order valence-electron chi connectivity index (χ1n) is 6.18. The van der Waals surface area contributed by atoms with E-state index in [-0.39, 0.29) is 12.3 Å². The van der Waals surface area contributed by atoms with Gasteiger partial charge in [0.1, 0.15) is 18.6 Å². The number of epoxide rings is 1. The summed E-state index contributed by atoms with van der Waals surface area (Å²) in [5, 5.41) is 21.3. The Kier molecular flexibility index (Phi) is 3.88. The molecule has 0 bridgehead atoms. The van der Waals surface area contributed by atoms with Crippen molar-refractivity contribution in [3.63, 3.8) is 0 Å². The van der Waals surface area contributed by atoms with Gasteiger partial charge in [-0.1, -0.05) is 29.8 Å². The maximum Gasteiger partial charge on any atom is 0.254 e. The van der Waals surface area contributed by atoms with Gasteiger partial charge in [0.15, 0.2) is 5.84 Å². The first-order chi connectivity index (χ1) is 10.0. The molecule has 1 fully saturated rings. The van der Waals surface area contributed by atoms with Crippen LogP contribution >= 0.6 is 0 Å². The number of carbonyl (C=O) groups excluding carboxylic acids is 1. The smallest absolute Gasteiger partial charge is 0.254 e. The fourth-order valence-electron chi connectivity index (χ4n) is 1.85. The van der Waals surface area contributed by atoms with Gasteiger partial charge < -0.3 is 10.5 Å². The second-order valence-corrected chi connectivity index (χ2v) is 4.62. The van der Waals surface area contributed by atoms with Gasteiger partial charge in [0, 0.05) is 0 Å². The molecule has 0 radical (unpaired) electrons. The molecule has 1 aliphatic heterocycles. The molecule has 0 unspecified atom stereocenters. The van der Waals surface area contributed by atoms with Crippen molar-refractivity contribution < 1.29 is 9.53 Å². The van der Waals surface area contributed by atoms with Crippen LogP contribution in [0.1, 0.15) is 23.7 Å². The van der Waals surface area contributed by atoms with Crippen LogP contribution < -0.4 is 11.2 Å². The monoisotopic (exact) mass is 283 g/mol. The zero-order valence-corrected chi connectivity index (χ0v) is 11.3. The Bertz CT molecular complexity index is 668. The summed E-state index contributed by atoms with van der Waals surface area (Å²) in [4.78, 5) is 11.2. The number of hydrazone groups is 1. The fraction of sp³-hybridized carbons (Fsp3) is 0.286. The van der Waals surface area contributed by atoms with Crippen LogP contribution in [0.25, 0.3) is 0 Å². The van der Waals surface area contributed by atoms with Crippen molar-refractivity contribution in [2.24, 2.45) is 10.8 Å². The molecule has 0 saturated carbocycles. The molecule has 2 atom stereocenters. The SMILES string of the molecule is Cc1ccc([C@H]2O[C@]2(C#N)/C(N)=N/NC(=O)CC#N)cc1. The molecule has 1 aromatic rings. The predicted octanol–water partition coefficient (Wildman–Crippen LogP) is 0.631. The number of nitriles is 2. The highest BCUT2D eigenvalue weighted by Crippen LogP contribution is 2.49. The Hall–Kier alpha value is -2.90. The first-order valence-corrected chi connectivity index (χ1v) is 6.18. The molecule has 1 amide bonds. The molecular formula is C14H13N5O2. The largest absolute Gasteiger partial charge is 0.382 e. The minimum Gasteiger partial charge on any atom is -0.382 e. The van der Waals surface area contributed by atoms with E-state index in [0.29, 0.717) is 0 Å². The average molecular weight is 283 g/mol. The molecule has 0 spiro atoms. The van der Waals surface area contributed by atoms with Gasteiger partial charge in [-0.3, -0.25) is 4.79 Å². The second-order valence-electron chi connectivity index (χ2n) is 4.62. The third kappa shape index (κ3) is 2.83. The quantitative estimate of drug-likeness (QED) is 0.362. The molecule has 1 saturated heterocycles. The van der Waals surface area contributed by atoms with Gasteiger partial charge in [0.2, 0.25) is 5.60 Å². The lowest BCUT2D eigenvalue weighted by molar-refractivity contribution is -0.120. The van der Waals surface area contributed by atoms with Gasteiger partial charge in [-0.05, 0) is 12.5 Å². The van der Waals surface area contributed by atoms with Gasteiger partial charge in [0.05, 0.1) is 6.07 Å². The Morgan fingerprint density at radius 2 is 2.14 bits per heavy atom. The van der Waals surface area contributed by atoms with Gasteiger partial charge in [-0.2, -0.15) is 15.6 Å². The highest BCUT2D eigenvalue weighted by atomic mass is 16.6.